The van der Waals surface area contributed by atoms with Gasteiger partial charge in [-0.2, -0.15) is 4.99 Å². The molecule has 2 aliphatic heterocycles. The molecule has 1 saturated heterocycles. The number of carbonyl (C=O) groups excluding carboxylic acids is 3. The zero-order chi connectivity index (χ0) is 20.6. The van der Waals surface area contributed by atoms with Crippen molar-refractivity contribution in [1.29, 1.82) is 0 Å². The Morgan fingerprint density at radius 1 is 1.28 bits per heavy atom. The van der Waals surface area contributed by atoms with Crippen molar-refractivity contribution in [3.05, 3.63) is 29.8 Å². The molecule has 1 aromatic carbocycles. The van der Waals surface area contributed by atoms with Gasteiger partial charge in [-0.05, 0) is 43.9 Å². The van der Waals surface area contributed by atoms with Gasteiger partial charge in [-0.1, -0.05) is 31.2 Å². The summed E-state index contributed by atoms with van der Waals surface area (Å²) in [5.74, 6) is -0.933. The molecule has 8 heteroatoms. The SMILES string of the molecule is CCCCOC(=O)c1cccc(NC(=O)CC2SC(N3CCCCC3)=NC2=O)c1. The second-order valence-corrected chi connectivity index (χ2v) is 8.38. The molecule has 0 bridgehead atoms. The molecule has 3 rings (SSSR count). The maximum absolute atomic E-state index is 12.4. The van der Waals surface area contributed by atoms with Gasteiger partial charge < -0.3 is 15.0 Å². The number of rotatable bonds is 7. The number of nitrogens with zero attached hydrogens (tertiary/aromatic N) is 2. The Bertz CT molecular complexity index is 790. The Balaban J connectivity index is 1.51. The van der Waals surface area contributed by atoms with E-state index in [0.29, 0.717) is 17.9 Å². The number of ether oxygens (including phenoxy) is 1. The Kier molecular flexibility index (Phi) is 7.69. The smallest absolute Gasteiger partial charge is 0.338 e. The summed E-state index contributed by atoms with van der Waals surface area (Å²) in [6.45, 7) is 4.24. The van der Waals surface area contributed by atoms with Crippen LogP contribution in [0.15, 0.2) is 29.3 Å². The molecule has 2 aliphatic rings. The van der Waals surface area contributed by atoms with E-state index in [-0.39, 0.29) is 18.2 Å². The summed E-state index contributed by atoms with van der Waals surface area (Å²) in [6.07, 6.45) is 5.24. The third kappa shape index (κ3) is 6.06. The first-order valence-corrected chi connectivity index (χ1v) is 11.1. The Morgan fingerprint density at radius 2 is 2.07 bits per heavy atom. The molecule has 156 valence electrons. The van der Waals surface area contributed by atoms with Gasteiger partial charge in [-0.15, -0.1) is 0 Å². The highest BCUT2D eigenvalue weighted by Gasteiger charge is 2.33. The summed E-state index contributed by atoms with van der Waals surface area (Å²) < 4.78 is 5.20. The lowest BCUT2D eigenvalue weighted by atomic mass is 10.1. The minimum absolute atomic E-state index is 0.0511. The van der Waals surface area contributed by atoms with E-state index in [1.54, 1.807) is 24.3 Å². The molecule has 1 fully saturated rings. The predicted octanol–water partition coefficient (Wildman–Crippen LogP) is 3.46. The van der Waals surface area contributed by atoms with E-state index in [4.69, 9.17) is 4.74 Å². The number of nitrogens with one attached hydrogen (secondary N) is 1. The van der Waals surface area contributed by atoms with E-state index in [1.807, 2.05) is 6.92 Å². The number of carbonyl (C=O) groups is 3. The molecule has 0 aromatic heterocycles. The lowest BCUT2D eigenvalue weighted by Crippen LogP contribution is -2.33. The normalized spacial score (nSPS) is 19.1. The van der Waals surface area contributed by atoms with Gasteiger partial charge in [0.1, 0.15) is 5.25 Å². The van der Waals surface area contributed by atoms with Crippen molar-refractivity contribution in [2.24, 2.45) is 4.99 Å². The maximum atomic E-state index is 12.4. The number of esters is 1. The summed E-state index contributed by atoms with van der Waals surface area (Å²) >= 11 is 1.37. The van der Waals surface area contributed by atoms with Crippen LogP contribution < -0.4 is 5.32 Å². The number of benzene rings is 1. The van der Waals surface area contributed by atoms with Gasteiger partial charge in [0.25, 0.3) is 5.91 Å². The number of unbranched alkanes of at least 4 members (excludes halogenated alkanes) is 1. The third-order valence-corrected chi connectivity index (χ3v) is 6.05. The van der Waals surface area contributed by atoms with Crippen LogP contribution in [0.2, 0.25) is 0 Å². The van der Waals surface area contributed by atoms with Crippen molar-refractivity contribution in [2.75, 3.05) is 25.0 Å². The number of amides is 2. The summed E-state index contributed by atoms with van der Waals surface area (Å²) in [6, 6.07) is 6.64. The molecule has 1 atom stereocenters. The first-order valence-electron chi connectivity index (χ1n) is 10.2. The van der Waals surface area contributed by atoms with Gasteiger partial charge in [0.2, 0.25) is 5.91 Å². The van der Waals surface area contributed by atoms with Crippen LogP contribution in [0.4, 0.5) is 5.69 Å². The number of amidine groups is 1. The molecule has 1 unspecified atom stereocenters. The first-order chi connectivity index (χ1) is 14.1. The third-order valence-electron chi connectivity index (χ3n) is 4.84. The molecular formula is C21H27N3O4S. The number of likely N-dealkylation sites (tertiary alicyclic amines) is 1. The van der Waals surface area contributed by atoms with Crippen molar-refractivity contribution >= 4 is 40.4 Å². The van der Waals surface area contributed by atoms with E-state index in [0.717, 1.165) is 43.9 Å². The summed E-state index contributed by atoms with van der Waals surface area (Å²) in [5.41, 5.74) is 0.897. The highest BCUT2D eigenvalue weighted by molar-refractivity contribution is 8.15. The zero-order valence-corrected chi connectivity index (χ0v) is 17.5. The number of hydrogen-bond acceptors (Lipinski definition) is 6. The number of aliphatic imine (C=N–C) groups is 1. The van der Waals surface area contributed by atoms with Crippen LogP contribution in [0.3, 0.4) is 0 Å². The van der Waals surface area contributed by atoms with Gasteiger partial charge in [0, 0.05) is 25.2 Å². The van der Waals surface area contributed by atoms with Crippen molar-refractivity contribution in [2.45, 2.75) is 50.7 Å². The van der Waals surface area contributed by atoms with Crippen LogP contribution in [0, 0.1) is 0 Å². The minimum atomic E-state index is -0.492. The molecule has 7 nitrogen and oxygen atoms in total. The van der Waals surface area contributed by atoms with Crippen molar-refractivity contribution in [1.82, 2.24) is 4.90 Å². The summed E-state index contributed by atoms with van der Waals surface area (Å²) in [5, 5.41) is 3.02. The number of hydrogen-bond donors (Lipinski definition) is 1. The van der Waals surface area contributed by atoms with E-state index >= 15 is 0 Å². The van der Waals surface area contributed by atoms with Gasteiger partial charge in [0.05, 0.1) is 12.2 Å². The summed E-state index contributed by atoms with van der Waals surface area (Å²) in [4.78, 5) is 43.0. The van der Waals surface area contributed by atoms with Gasteiger partial charge in [0.15, 0.2) is 5.17 Å². The topological polar surface area (TPSA) is 88.1 Å². The monoisotopic (exact) mass is 417 g/mol. The minimum Gasteiger partial charge on any atom is -0.462 e. The van der Waals surface area contributed by atoms with Crippen molar-refractivity contribution < 1.29 is 19.1 Å². The molecule has 1 N–H and O–H groups in total. The van der Waals surface area contributed by atoms with Crippen molar-refractivity contribution in [3.63, 3.8) is 0 Å². The molecule has 29 heavy (non-hydrogen) atoms. The quantitative estimate of drug-likeness (QED) is 0.540. The van der Waals surface area contributed by atoms with Crippen LogP contribution >= 0.6 is 11.8 Å². The van der Waals surface area contributed by atoms with Crippen LogP contribution in [0.5, 0.6) is 0 Å². The lowest BCUT2D eigenvalue weighted by Gasteiger charge is -2.27. The Labute approximate surface area is 175 Å². The predicted molar refractivity (Wildman–Crippen MR) is 114 cm³/mol. The maximum Gasteiger partial charge on any atom is 0.338 e. The molecule has 0 saturated carbocycles. The molecule has 2 heterocycles. The van der Waals surface area contributed by atoms with E-state index in [1.165, 1.54) is 18.2 Å². The van der Waals surface area contributed by atoms with E-state index < -0.39 is 11.2 Å². The van der Waals surface area contributed by atoms with Crippen LogP contribution in [-0.4, -0.2) is 52.8 Å². The molecule has 0 aliphatic carbocycles. The fraction of sp³-hybridized carbons (Fsp3) is 0.524. The highest BCUT2D eigenvalue weighted by atomic mass is 32.2. The number of piperidine rings is 1. The average molecular weight is 418 g/mol. The second kappa shape index (κ2) is 10.4. The fourth-order valence-electron chi connectivity index (χ4n) is 3.23. The Morgan fingerprint density at radius 3 is 2.83 bits per heavy atom. The Hall–Kier alpha value is -2.35. The van der Waals surface area contributed by atoms with Crippen LogP contribution in [0.25, 0.3) is 0 Å². The average Bonchev–Trinajstić information content (AvgIpc) is 3.09. The van der Waals surface area contributed by atoms with Gasteiger partial charge in [-0.25, -0.2) is 4.79 Å². The molecule has 0 spiro atoms. The summed E-state index contributed by atoms with van der Waals surface area (Å²) in [7, 11) is 0. The number of anilines is 1. The second-order valence-electron chi connectivity index (χ2n) is 7.21. The largest absolute Gasteiger partial charge is 0.462 e. The zero-order valence-electron chi connectivity index (χ0n) is 16.7. The molecule has 2 amide bonds. The van der Waals surface area contributed by atoms with Gasteiger partial charge >= 0.3 is 5.97 Å². The lowest BCUT2D eigenvalue weighted by molar-refractivity contribution is -0.121. The van der Waals surface area contributed by atoms with Gasteiger partial charge in [-0.3, -0.25) is 9.59 Å². The first kappa shape index (κ1) is 21.4. The highest BCUT2D eigenvalue weighted by Crippen LogP contribution is 2.29. The van der Waals surface area contributed by atoms with Crippen LogP contribution in [0.1, 0.15) is 55.8 Å². The van der Waals surface area contributed by atoms with Crippen LogP contribution in [-0.2, 0) is 14.3 Å². The fourth-order valence-corrected chi connectivity index (χ4v) is 4.34. The number of thioether (sulfide) groups is 1. The standard InChI is InChI=1S/C21H27N3O4S/c1-2-3-12-28-20(27)15-8-7-9-16(13-15)22-18(25)14-17-19(26)23-21(29-17)24-10-5-4-6-11-24/h7-9,13,17H,2-6,10-12,14H2,1H3,(H,22,25). The molecular weight excluding hydrogens is 390 g/mol. The van der Waals surface area contributed by atoms with Crippen molar-refractivity contribution in [3.8, 4) is 0 Å². The van der Waals surface area contributed by atoms with E-state index in [9.17, 15) is 14.4 Å². The molecule has 0 radical (unpaired) electrons. The van der Waals surface area contributed by atoms with E-state index in [2.05, 4.69) is 15.2 Å². The molecule has 1 aromatic rings.